The predicted molar refractivity (Wildman–Crippen MR) is 94.4 cm³/mol. The lowest BCUT2D eigenvalue weighted by molar-refractivity contribution is 0.102. The van der Waals surface area contributed by atoms with Crippen LogP contribution in [0.3, 0.4) is 0 Å². The van der Waals surface area contributed by atoms with Gasteiger partial charge in [-0.05, 0) is 32.4 Å². The van der Waals surface area contributed by atoms with Crippen LogP contribution in [0.4, 0.5) is 5.82 Å². The molecule has 24 heavy (non-hydrogen) atoms. The molecular formula is C17H22ClN3O3. The number of nitrogens with zero attached hydrogens (tertiary/aromatic N) is 2. The molecule has 0 atom stereocenters. The van der Waals surface area contributed by atoms with E-state index in [0.717, 1.165) is 6.42 Å². The molecule has 1 aromatic heterocycles. The summed E-state index contributed by atoms with van der Waals surface area (Å²) in [7, 11) is 1.51. The van der Waals surface area contributed by atoms with Crippen LogP contribution in [0.15, 0.2) is 24.4 Å². The Bertz CT molecular complexity index is 713. The van der Waals surface area contributed by atoms with Crippen molar-refractivity contribution >= 4 is 23.3 Å². The van der Waals surface area contributed by atoms with Crippen molar-refractivity contribution in [2.24, 2.45) is 0 Å². The Hall–Kier alpha value is -2.21. The molecule has 6 nitrogen and oxygen atoms in total. The van der Waals surface area contributed by atoms with Gasteiger partial charge in [0.2, 0.25) is 0 Å². The molecule has 0 saturated carbocycles. The van der Waals surface area contributed by atoms with Crippen LogP contribution in [0.2, 0.25) is 5.02 Å². The van der Waals surface area contributed by atoms with Gasteiger partial charge >= 0.3 is 0 Å². The molecule has 2 rings (SSSR count). The van der Waals surface area contributed by atoms with E-state index in [1.165, 1.54) is 7.11 Å². The maximum atomic E-state index is 12.5. The highest BCUT2D eigenvalue weighted by atomic mass is 35.5. The Morgan fingerprint density at radius 1 is 1.42 bits per heavy atom. The standard InChI is InChI=1S/C17H22ClN3O3/c1-5-8-24-16-13(18)9-12(10-14(16)23-4)17(22)20-15-6-7-19-21(15)11(2)3/h6-7,9-11H,5,8H2,1-4H3,(H,20,22). The van der Waals surface area contributed by atoms with Gasteiger partial charge in [0, 0.05) is 17.7 Å². The highest BCUT2D eigenvalue weighted by molar-refractivity contribution is 6.32. The van der Waals surface area contributed by atoms with E-state index in [1.807, 2.05) is 20.8 Å². The van der Waals surface area contributed by atoms with Crippen molar-refractivity contribution in [2.75, 3.05) is 19.0 Å². The number of hydrogen-bond donors (Lipinski definition) is 1. The molecule has 0 aliphatic carbocycles. The summed E-state index contributed by atoms with van der Waals surface area (Å²) in [5.74, 6) is 1.21. The average Bonchev–Trinajstić information content (AvgIpc) is 3.01. The second-order valence-electron chi connectivity index (χ2n) is 5.55. The summed E-state index contributed by atoms with van der Waals surface area (Å²) in [6, 6.07) is 5.07. The molecule has 0 aliphatic rings. The summed E-state index contributed by atoms with van der Waals surface area (Å²) in [5.41, 5.74) is 0.386. The smallest absolute Gasteiger partial charge is 0.257 e. The molecule has 0 spiro atoms. The molecule has 1 aromatic carbocycles. The van der Waals surface area contributed by atoms with Crippen molar-refractivity contribution in [2.45, 2.75) is 33.2 Å². The summed E-state index contributed by atoms with van der Waals surface area (Å²) in [6.07, 6.45) is 2.49. The van der Waals surface area contributed by atoms with Crippen LogP contribution in [0.25, 0.3) is 0 Å². The minimum absolute atomic E-state index is 0.137. The van der Waals surface area contributed by atoms with Crippen molar-refractivity contribution in [3.63, 3.8) is 0 Å². The normalized spacial score (nSPS) is 10.8. The molecule has 7 heteroatoms. The van der Waals surface area contributed by atoms with Crippen LogP contribution in [0.1, 0.15) is 43.6 Å². The number of benzene rings is 1. The third-order valence-corrected chi connectivity index (χ3v) is 3.62. The van der Waals surface area contributed by atoms with Gasteiger partial charge in [0.25, 0.3) is 5.91 Å². The Morgan fingerprint density at radius 3 is 2.79 bits per heavy atom. The number of hydrogen-bond acceptors (Lipinski definition) is 4. The number of methoxy groups -OCH3 is 1. The minimum Gasteiger partial charge on any atom is -0.493 e. The number of amides is 1. The second kappa shape index (κ2) is 8.06. The first-order valence-electron chi connectivity index (χ1n) is 7.83. The number of ether oxygens (including phenoxy) is 2. The van der Waals surface area contributed by atoms with Crippen molar-refractivity contribution in [1.82, 2.24) is 9.78 Å². The SMILES string of the molecule is CCCOc1c(Cl)cc(C(=O)Nc2ccnn2C(C)C)cc1OC. The molecule has 0 fully saturated rings. The van der Waals surface area contributed by atoms with Crippen LogP contribution >= 0.6 is 11.6 Å². The van der Waals surface area contributed by atoms with Gasteiger partial charge in [-0.3, -0.25) is 4.79 Å². The molecule has 1 heterocycles. The number of carbonyl (C=O) groups excluding carboxylic acids is 1. The highest BCUT2D eigenvalue weighted by Crippen LogP contribution is 2.36. The highest BCUT2D eigenvalue weighted by Gasteiger charge is 2.17. The average molecular weight is 352 g/mol. The molecule has 0 saturated heterocycles. The summed E-state index contributed by atoms with van der Waals surface area (Å²) in [4.78, 5) is 12.5. The van der Waals surface area contributed by atoms with Crippen LogP contribution in [-0.2, 0) is 0 Å². The first kappa shape index (κ1) is 18.1. The third kappa shape index (κ3) is 4.00. The molecular weight excluding hydrogens is 330 g/mol. The first-order chi connectivity index (χ1) is 11.5. The van der Waals surface area contributed by atoms with E-state index in [0.29, 0.717) is 34.5 Å². The fourth-order valence-electron chi connectivity index (χ4n) is 2.21. The van der Waals surface area contributed by atoms with Crippen LogP contribution < -0.4 is 14.8 Å². The first-order valence-corrected chi connectivity index (χ1v) is 8.20. The topological polar surface area (TPSA) is 65.4 Å². The van der Waals surface area contributed by atoms with Gasteiger partial charge in [0.1, 0.15) is 5.82 Å². The number of aromatic nitrogens is 2. The lowest BCUT2D eigenvalue weighted by atomic mass is 10.2. The summed E-state index contributed by atoms with van der Waals surface area (Å²) >= 11 is 6.25. The maximum absolute atomic E-state index is 12.5. The second-order valence-corrected chi connectivity index (χ2v) is 5.95. The number of halogens is 1. The number of nitrogens with one attached hydrogen (secondary N) is 1. The van der Waals surface area contributed by atoms with Crippen LogP contribution in [0, 0.1) is 0 Å². The fraction of sp³-hybridized carbons (Fsp3) is 0.412. The van der Waals surface area contributed by atoms with E-state index in [1.54, 1.807) is 29.1 Å². The van der Waals surface area contributed by atoms with Gasteiger partial charge in [-0.1, -0.05) is 18.5 Å². The van der Waals surface area contributed by atoms with Gasteiger partial charge in [-0.2, -0.15) is 5.10 Å². The fourth-order valence-corrected chi connectivity index (χ4v) is 2.47. The van der Waals surface area contributed by atoms with Gasteiger partial charge in [-0.15, -0.1) is 0 Å². The molecule has 0 bridgehead atoms. The number of anilines is 1. The molecule has 2 aromatic rings. The zero-order valence-corrected chi connectivity index (χ0v) is 15.1. The largest absolute Gasteiger partial charge is 0.493 e. The van der Waals surface area contributed by atoms with E-state index in [9.17, 15) is 4.79 Å². The molecule has 1 amide bonds. The van der Waals surface area contributed by atoms with Gasteiger partial charge < -0.3 is 14.8 Å². The van der Waals surface area contributed by atoms with E-state index in [2.05, 4.69) is 10.4 Å². The Kier molecular flexibility index (Phi) is 6.09. The lowest BCUT2D eigenvalue weighted by Crippen LogP contribution is -2.17. The van der Waals surface area contributed by atoms with E-state index in [-0.39, 0.29) is 11.9 Å². The molecule has 0 aliphatic heterocycles. The monoisotopic (exact) mass is 351 g/mol. The molecule has 130 valence electrons. The Labute approximate surface area is 146 Å². The zero-order chi connectivity index (χ0) is 17.7. The molecule has 0 unspecified atom stereocenters. The summed E-state index contributed by atoms with van der Waals surface area (Å²) in [5, 5.41) is 7.37. The zero-order valence-electron chi connectivity index (χ0n) is 14.3. The quantitative estimate of drug-likeness (QED) is 0.813. The molecule has 1 N–H and O–H groups in total. The molecule has 0 radical (unpaired) electrons. The predicted octanol–water partition coefficient (Wildman–Crippen LogP) is 4.17. The van der Waals surface area contributed by atoms with Gasteiger partial charge in [0.05, 0.1) is 24.9 Å². The Balaban J connectivity index is 2.26. The maximum Gasteiger partial charge on any atom is 0.257 e. The van der Waals surface area contributed by atoms with Crippen molar-refractivity contribution < 1.29 is 14.3 Å². The van der Waals surface area contributed by atoms with Crippen molar-refractivity contribution in [1.29, 1.82) is 0 Å². The number of rotatable bonds is 7. The van der Waals surface area contributed by atoms with Crippen LogP contribution in [0.5, 0.6) is 11.5 Å². The minimum atomic E-state index is -0.292. The summed E-state index contributed by atoms with van der Waals surface area (Å²) in [6.45, 7) is 6.50. The van der Waals surface area contributed by atoms with Crippen LogP contribution in [-0.4, -0.2) is 29.4 Å². The van der Waals surface area contributed by atoms with E-state index >= 15 is 0 Å². The van der Waals surface area contributed by atoms with Crippen molar-refractivity contribution in [3.05, 3.63) is 35.0 Å². The van der Waals surface area contributed by atoms with Crippen molar-refractivity contribution in [3.8, 4) is 11.5 Å². The summed E-state index contributed by atoms with van der Waals surface area (Å²) < 4.78 is 12.6. The van der Waals surface area contributed by atoms with Gasteiger partial charge in [0.15, 0.2) is 11.5 Å². The number of carbonyl (C=O) groups is 1. The van der Waals surface area contributed by atoms with E-state index in [4.69, 9.17) is 21.1 Å². The Morgan fingerprint density at radius 2 is 2.17 bits per heavy atom. The third-order valence-electron chi connectivity index (χ3n) is 3.34. The van der Waals surface area contributed by atoms with Gasteiger partial charge in [-0.25, -0.2) is 4.68 Å². The van der Waals surface area contributed by atoms with E-state index < -0.39 is 0 Å². The lowest BCUT2D eigenvalue weighted by Gasteiger charge is -2.15.